The molecule has 168 valence electrons. The van der Waals surface area contributed by atoms with E-state index in [1.807, 2.05) is 0 Å². The van der Waals surface area contributed by atoms with Crippen LogP contribution in [0.4, 0.5) is 0 Å². The van der Waals surface area contributed by atoms with E-state index in [-0.39, 0.29) is 51.0 Å². The number of hydrogen-bond donors (Lipinski definition) is 0. The number of hydrogen-bond acceptors (Lipinski definition) is 0. The first-order valence-electron chi connectivity index (χ1n) is 11.4. The van der Waals surface area contributed by atoms with Crippen LogP contribution in [-0.4, -0.2) is 0 Å². The van der Waals surface area contributed by atoms with Gasteiger partial charge >= 0.3 is 26.2 Å². The van der Waals surface area contributed by atoms with Crippen molar-refractivity contribution in [3.8, 4) is 0 Å². The van der Waals surface area contributed by atoms with Gasteiger partial charge in [-0.25, -0.2) is 0 Å². The molecule has 0 amide bonds. The molecule has 0 nitrogen and oxygen atoms in total. The minimum atomic E-state index is 0. The molecular formula is C30H30Cl2Zr. The van der Waals surface area contributed by atoms with Crippen LogP contribution < -0.4 is 24.8 Å². The number of allylic oxidation sites excluding steroid dienone is 8. The molecule has 2 aromatic rings. The molecule has 4 aliphatic carbocycles. The summed E-state index contributed by atoms with van der Waals surface area (Å²) < 4.78 is 0. The van der Waals surface area contributed by atoms with Crippen molar-refractivity contribution < 1.29 is 51.0 Å². The molecule has 6 atom stereocenters. The van der Waals surface area contributed by atoms with Crippen molar-refractivity contribution in [2.24, 2.45) is 23.7 Å². The molecule has 6 unspecified atom stereocenters. The molecule has 33 heavy (non-hydrogen) atoms. The quantitative estimate of drug-likeness (QED) is 0.496. The molecule has 2 aromatic carbocycles. The fourth-order valence-electron chi connectivity index (χ4n) is 5.40. The summed E-state index contributed by atoms with van der Waals surface area (Å²) in [5.74, 6) is 4.10. The number of halogens is 2. The van der Waals surface area contributed by atoms with Gasteiger partial charge in [-0.05, 0) is 11.8 Å². The summed E-state index contributed by atoms with van der Waals surface area (Å²) in [5, 5.41) is 0. The molecule has 0 N–H and O–H groups in total. The van der Waals surface area contributed by atoms with Crippen molar-refractivity contribution >= 4 is 0 Å². The van der Waals surface area contributed by atoms with Crippen LogP contribution in [0.3, 0.4) is 0 Å². The maximum atomic E-state index is 2.50. The summed E-state index contributed by atoms with van der Waals surface area (Å²) in [6.07, 6.45) is 25.6. The SMILES string of the molecule is C1=CC2[CH-]C(c3ccccc3)CC2C=C1.C1=CC2[CH-]C(c3ccccc3)CC2C=C1.[Cl-].[Cl-].[Zr+4]. The van der Waals surface area contributed by atoms with E-state index in [1.165, 1.54) is 24.0 Å². The van der Waals surface area contributed by atoms with Crippen molar-refractivity contribution in [2.75, 3.05) is 0 Å². The van der Waals surface area contributed by atoms with Gasteiger partial charge in [0.15, 0.2) is 0 Å². The zero-order valence-corrected chi connectivity index (χ0v) is 22.7. The van der Waals surface area contributed by atoms with Crippen molar-refractivity contribution in [3.05, 3.63) is 133 Å². The Morgan fingerprint density at radius 2 is 0.879 bits per heavy atom. The van der Waals surface area contributed by atoms with E-state index in [1.54, 1.807) is 0 Å². The maximum absolute atomic E-state index is 2.50. The minimum absolute atomic E-state index is 0. The Hall–Kier alpha value is -1.14. The van der Waals surface area contributed by atoms with Gasteiger partial charge in [-0.3, -0.25) is 0 Å². The molecule has 2 saturated carbocycles. The van der Waals surface area contributed by atoms with Gasteiger partial charge in [-0.2, -0.15) is 0 Å². The molecular weight excluding hydrogens is 522 g/mol. The smallest absolute Gasteiger partial charge is 1.00 e. The number of rotatable bonds is 2. The average Bonchev–Trinajstić information content (AvgIpc) is 3.45. The topological polar surface area (TPSA) is 0 Å². The summed E-state index contributed by atoms with van der Waals surface area (Å²) in [6.45, 7) is 0. The Labute approximate surface area is 231 Å². The standard InChI is InChI=1S/2C15H15.2ClH.Zr/c2*1-2-6-12(7-3-1)15-10-13-8-4-5-9-14(13)11-15;;;/h2*1-10,13-15H,11H2;2*1H;/q2*-1;;;+4/p-2. The molecule has 0 bridgehead atoms. The van der Waals surface area contributed by atoms with Crippen LogP contribution in [-0.2, 0) is 26.2 Å². The molecule has 0 spiro atoms. The average molecular weight is 553 g/mol. The first kappa shape index (κ1) is 28.1. The third-order valence-electron chi connectivity index (χ3n) is 7.01. The molecule has 0 heterocycles. The van der Waals surface area contributed by atoms with Crippen molar-refractivity contribution in [1.82, 2.24) is 0 Å². The van der Waals surface area contributed by atoms with Gasteiger partial charge in [0.2, 0.25) is 0 Å². The zero-order valence-electron chi connectivity index (χ0n) is 18.7. The summed E-state index contributed by atoms with van der Waals surface area (Å²) >= 11 is 0. The summed E-state index contributed by atoms with van der Waals surface area (Å²) in [6, 6.07) is 21.7. The Balaban J connectivity index is 0.000000214. The largest absolute Gasteiger partial charge is 4.00 e. The summed E-state index contributed by atoms with van der Waals surface area (Å²) in [5.41, 5.74) is 2.93. The third-order valence-corrected chi connectivity index (χ3v) is 7.01. The summed E-state index contributed by atoms with van der Waals surface area (Å²) in [7, 11) is 0. The van der Waals surface area contributed by atoms with Crippen molar-refractivity contribution in [3.63, 3.8) is 0 Å². The fourth-order valence-corrected chi connectivity index (χ4v) is 5.40. The fraction of sp³-hybridized carbons (Fsp3) is 0.267. The van der Waals surface area contributed by atoms with E-state index in [4.69, 9.17) is 0 Å². The van der Waals surface area contributed by atoms with Crippen LogP contribution in [0.5, 0.6) is 0 Å². The van der Waals surface area contributed by atoms with Gasteiger partial charge in [-0.15, -0.1) is 35.8 Å². The van der Waals surface area contributed by atoms with E-state index >= 15 is 0 Å². The van der Waals surface area contributed by atoms with Gasteiger partial charge < -0.3 is 37.7 Å². The molecule has 0 aliphatic heterocycles. The molecule has 0 radical (unpaired) electrons. The normalized spacial score (nSPS) is 29.9. The molecule has 4 aliphatic rings. The Bertz CT molecular complexity index is 828. The van der Waals surface area contributed by atoms with Crippen LogP contribution in [0.25, 0.3) is 0 Å². The predicted molar refractivity (Wildman–Crippen MR) is 127 cm³/mol. The minimum Gasteiger partial charge on any atom is -1.00 e. The Morgan fingerprint density at radius 3 is 1.24 bits per heavy atom. The van der Waals surface area contributed by atoms with Gasteiger partial charge in [0, 0.05) is 0 Å². The Morgan fingerprint density at radius 1 is 0.515 bits per heavy atom. The second kappa shape index (κ2) is 13.7. The molecule has 6 rings (SSSR count). The van der Waals surface area contributed by atoms with Crippen LogP contribution in [0.1, 0.15) is 35.8 Å². The number of fused-ring (bicyclic) bond motifs is 2. The predicted octanol–water partition coefficient (Wildman–Crippen LogP) is 1.48. The van der Waals surface area contributed by atoms with E-state index in [9.17, 15) is 0 Å². The second-order valence-electron chi connectivity index (χ2n) is 8.91. The van der Waals surface area contributed by atoms with Crippen molar-refractivity contribution in [1.29, 1.82) is 0 Å². The third kappa shape index (κ3) is 6.94. The van der Waals surface area contributed by atoms with Gasteiger partial charge in [0.1, 0.15) is 0 Å². The molecule has 3 heteroatoms. The van der Waals surface area contributed by atoms with Gasteiger partial charge in [0.25, 0.3) is 0 Å². The van der Waals surface area contributed by atoms with E-state index < -0.39 is 0 Å². The van der Waals surface area contributed by atoms with Crippen LogP contribution in [0.15, 0.2) is 109 Å². The molecule has 0 saturated heterocycles. The van der Waals surface area contributed by atoms with Crippen LogP contribution in [0, 0.1) is 36.5 Å². The maximum Gasteiger partial charge on any atom is 4.00 e. The van der Waals surface area contributed by atoms with Crippen LogP contribution in [0.2, 0.25) is 0 Å². The molecule has 2 fully saturated rings. The summed E-state index contributed by atoms with van der Waals surface area (Å²) in [4.78, 5) is 0. The Kier molecular flexibility index (Phi) is 11.6. The van der Waals surface area contributed by atoms with Crippen LogP contribution >= 0.6 is 0 Å². The number of benzene rings is 2. The first-order valence-corrected chi connectivity index (χ1v) is 11.4. The monoisotopic (exact) mass is 550 g/mol. The van der Waals surface area contributed by atoms with E-state index in [0.29, 0.717) is 23.7 Å². The van der Waals surface area contributed by atoms with E-state index in [0.717, 1.165) is 11.8 Å². The van der Waals surface area contributed by atoms with Gasteiger partial charge in [0.05, 0.1) is 0 Å². The second-order valence-corrected chi connectivity index (χ2v) is 8.91. The molecule has 0 aromatic heterocycles. The zero-order chi connectivity index (χ0) is 20.2. The van der Waals surface area contributed by atoms with Gasteiger partial charge in [-0.1, -0.05) is 121 Å². The first-order chi connectivity index (χ1) is 14.9. The van der Waals surface area contributed by atoms with Crippen molar-refractivity contribution in [2.45, 2.75) is 24.7 Å². The van der Waals surface area contributed by atoms with E-state index in [2.05, 4.69) is 122 Å².